The van der Waals surface area contributed by atoms with Crippen LogP contribution in [0.3, 0.4) is 0 Å². The number of fused-ring (bicyclic) bond motifs is 5. The Labute approximate surface area is 195 Å². The molecule has 7 aromatic rings. The second kappa shape index (κ2) is 7.39. The molecule has 5 nitrogen and oxygen atoms in total. The molecule has 7 rings (SSSR count). The van der Waals surface area contributed by atoms with E-state index in [9.17, 15) is 0 Å². The average Bonchev–Trinajstić information content (AvgIpc) is 3.49. The van der Waals surface area contributed by atoms with Crippen LogP contribution in [0.2, 0.25) is 0 Å². The highest BCUT2D eigenvalue weighted by Gasteiger charge is 2.16. The molecule has 4 heterocycles. The lowest BCUT2D eigenvalue weighted by molar-refractivity contribution is 1.05. The molecule has 0 aliphatic rings. The van der Waals surface area contributed by atoms with Crippen molar-refractivity contribution in [3.63, 3.8) is 0 Å². The molecule has 0 aliphatic carbocycles. The van der Waals surface area contributed by atoms with Gasteiger partial charge in [-0.25, -0.2) is 9.97 Å². The van der Waals surface area contributed by atoms with E-state index in [1.165, 1.54) is 27.2 Å². The number of nitrogens with zero attached hydrogens (tertiary/aromatic N) is 5. The number of hydrogen-bond donors (Lipinski definition) is 0. The summed E-state index contributed by atoms with van der Waals surface area (Å²) in [7, 11) is 0. The van der Waals surface area contributed by atoms with Gasteiger partial charge in [0.2, 0.25) is 0 Å². The summed E-state index contributed by atoms with van der Waals surface area (Å²) in [6, 6.07) is 29.6. The van der Waals surface area contributed by atoms with Gasteiger partial charge in [-0.2, -0.15) is 0 Å². The first-order valence-corrected chi connectivity index (χ1v) is 11.2. The number of hydrogen-bond acceptors (Lipinski definition) is 3. The molecule has 0 N–H and O–H groups in total. The van der Waals surface area contributed by atoms with Crippen LogP contribution in [0.15, 0.2) is 116 Å². The second-order valence-corrected chi connectivity index (χ2v) is 8.27. The lowest BCUT2D eigenvalue weighted by Crippen LogP contribution is -1.97. The zero-order chi connectivity index (χ0) is 22.5. The summed E-state index contributed by atoms with van der Waals surface area (Å²) >= 11 is 0. The Morgan fingerprint density at radius 3 is 2.09 bits per heavy atom. The van der Waals surface area contributed by atoms with Crippen molar-refractivity contribution in [2.24, 2.45) is 0 Å². The third kappa shape index (κ3) is 2.77. The van der Waals surface area contributed by atoms with E-state index in [2.05, 4.69) is 103 Å². The number of para-hydroxylation sites is 2. The summed E-state index contributed by atoms with van der Waals surface area (Å²) in [6.07, 6.45) is 9.36. The van der Waals surface area contributed by atoms with Crippen LogP contribution < -0.4 is 0 Å². The molecule has 5 heteroatoms. The van der Waals surface area contributed by atoms with Crippen LogP contribution in [-0.4, -0.2) is 24.1 Å². The molecule has 0 unspecified atom stereocenters. The maximum absolute atomic E-state index is 4.60. The molecule has 0 amide bonds. The van der Waals surface area contributed by atoms with Crippen LogP contribution in [-0.2, 0) is 0 Å². The number of benzene rings is 3. The van der Waals surface area contributed by atoms with Gasteiger partial charge >= 0.3 is 0 Å². The highest BCUT2D eigenvalue weighted by molar-refractivity contribution is 6.21. The first-order chi connectivity index (χ1) is 16.9. The molecule has 34 heavy (non-hydrogen) atoms. The monoisotopic (exact) mass is 437 g/mol. The van der Waals surface area contributed by atoms with Crippen molar-refractivity contribution in [2.45, 2.75) is 0 Å². The van der Waals surface area contributed by atoms with Gasteiger partial charge < -0.3 is 9.13 Å². The van der Waals surface area contributed by atoms with Crippen LogP contribution in [0, 0.1) is 0 Å². The Hall–Kier alpha value is -4.77. The van der Waals surface area contributed by atoms with E-state index < -0.39 is 0 Å². The molecule has 0 spiro atoms. The Kier molecular flexibility index (Phi) is 4.08. The van der Waals surface area contributed by atoms with Crippen LogP contribution >= 0.6 is 0 Å². The van der Waals surface area contributed by atoms with E-state index in [1.54, 1.807) is 12.4 Å². The number of pyridine rings is 1. The van der Waals surface area contributed by atoms with Gasteiger partial charge in [0, 0.05) is 46.0 Å². The lowest BCUT2D eigenvalue weighted by atomic mass is 10.1. The van der Waals surface area contributed by atoms with E-state index in [0.29, 0.717) is 5.82 Å². The van der Waals surface area contributed by atoms with Crippen molar-refractivity contribution in [2.75, 3.05) is 0 Å². The zero-order valence-electron chi connectivity index (χ0n) is 18.2. The SMILES string of the molecule is c1ccc(-n2c3ccccc3c3c4ccn(-c5cnc(-c6ccncc6)nc5)c4ccc32)cc1. The summed E-state index contributed by atoms with van der Waals surface area (Å²) in [5.41, 5.74) is 6.57. The van der Waals surface area contributed by atoms with Crippen molar-refractivity contribution in [1.82, 2.24) is 24.1 Å². The average molecular weight is 438 g/mol. The minimum absolute atomic E-state index is 0.691. The minimum atomic E-state index is 0.691. The molecule has 0 saturated heterocycles. The quantitative estimate of drug-likeness (QED) is 0.314. The Morgan fingerprint density at radius 1 is 0.559 bits per heavy atom. The van der Waals surface area contributed by atoms with Gasteiger partial charge in [-0.1, -0.05) is 36.4 Å². The first-order valence-electron chi connectivity index (χ1n) is 11.2. The second-order valence-electron chi connectivity index (χ2n) is 8.27. The highest BCUT2D eigenvalue weighted by Crippen LogP contribution is 2.37. The van der Waals surface area contributed by atoms with Gasteiger partial charge in [-0.15, -0.1) is 0 Å². The van der Waals surface area contributed by atoms with Gasteiger partial charge in [0.15, 0.2) is 5.82 Å². The van der Waals surface area contributed by atoms with E-state index >= 15 is 0 Å². The molecule has 0 fully saturated rings. The van der Waals surface area contributed by atoms with E-state index in [1.807, 2.05) is 24.5 Å². The molecule has 0 atom stereocenters. The molecular weight excluding hydrogens is 418 g/mol. The van der Waals surface area contributed by atoms with Crippen molar-refractivity contribution in [3.8, 4) is 22.8 Å². The van der Waals surface area contributed by atoms with E-state index in [-0.39, 0.29) is 0 Å². The summed E-state index contributed by atoms with van der Waals surface area (Å²) in [6.45, 7) is 0. The van der Waals surface area contributed by atoms with Crippen LogP contribution in [0.5, 0.6) is 0 Å². The van der Waals surface area contributed by atoms with Gasteiger partial charge in [-0.05, 0) is 48.5 Å². The maximum Gasteiger partial charge on any atom is 0.159 e. The maximum atomic E-state index is 4.60. The molecule has 0 radical (unpaired) electrons. The fraction of sp³-hybridized carbons (Fsp3) is 0. The predicted octanol–water partition coefficient (Wildman–Crippen LogP) is 6.58. The van der Waals surface area contributed by atoms with Gasteiger partial charge in [0.25, 0.3) is 0 Å². The first kappa shape index (κ1) is 18.8. The van der Waals surface area contributed by atoms with Crippen LogP contribution in [0.25, 0.3) is 55.5 Å². The fourth-order valence-corrected chi connectivity index (χ4v) is 4.86. The van der Waals surface area contributed by atoms with Gasteiger partial charge in [0.05, 0.1) is 34.6 Å². The lowest BCUT2D eigenvalue weighted by Gasteiger charge is -2.08. The standard InChI is InChI=1S/C29H19N5/c1-2-6-21(7-3-1)34-26-9-5-4-8-23(26)28-24-14-17-33(25(24)10-11-27(28)34)22-18-31-29(32-19-22)20-12-15-30-16-13-20/h1-19H. The zero-order valence-corrected chi connectivity index (χ0v) is 18.2. The van der Waals surface area contributed by atoms with Gasteiger partial charge in [0.1, 0.15) is 0 Å². The Balaban J connectivity index is 1.44. The Morgan fingerprint density at radius 2 is 1.26 bits per heavy atom. The third-order valence-electron chi connectivity index (χ3n) is 6.37. The molecule has 3 aromatic carbocycles. The number of aromatic nitrogens is 5. The topological polar surface area (TPSA) is 48.5 Å². The van der Waals surface area contributed by atoms with E-state index in [4.69, 9.17) is 0 Å². The highest BCUT2D eigenvalue weighted by atomic mass is 15.0. The molecule has 0 saturated carbocycles. The fourth-order valence-electron chi connectivity index (χ4n) is 4.86. The summed E-state index contributed by atoms with van der Waals surface area (Å²) < 4.78 is 4.49. The van der Waals surface area contributed by atoms with Crippen molar-refractivity contribution in [3.05, 3.63) is 116 Å². The molecule has 0 bridgehead atoms. The van der Waals surface area contributed by atoms with Crippen LogP contribution in [0.4, 0.5) is 0 Å². The summed E-state index contributed by atoms with van der Waals surface area (Å²) in [5.74, 6) is 0.691. The summed E-state index contributed by atoms with van der Waals surface area (Å²) in [5, 5.41) is 3.71. The predicted molar refractivity (Wildman–Crippen MR) is 136 cm³/mol. The van der Waals surface area contributed by atoms with Crippen LogP contribution in [0.1, 0.15) is 0 Å². The third-order valence-corrected chi connectivity index (χ3v) is 6.37. The minimum Gasteiger partial charge on any atom is -0.314 e. The molecule has 4 aromatic heterocycles. The Bertz CT molecular complexity index is 1780. The van der Waals surface area contributed by atoms with Crippen molar-refractivity contribution < 1.29 is 0 Å². The molecule has 0 aliphatic heterocycles. The molecule has 160 valence electrons. The normalized spacial score (nSPS) is 11.5. The van der Waals surface area contributed by atoms with E-state index in [0.717, 1.165) is 22.5 Å². The van der Waals surface area contributed by atoms with Crippen molar-refractivity contribution >= 4 is 32.7 Å². The smallest absolute Gasteiger partial charge is 0.159 e. The molecular formula is C29H19N5. The summed E-state index contributed by atoms with van der Waals surface area (Å²) in [4.78, 5) is 13.3. The van der Waals surface area contributed by atoms with Gasteiger partial charge in [-0.3, -0.25) is 4.98 Å². The number of rotatable bonds is 3. The largest absolute Gasteiger partial charge is 0.314 e. The van der Waals surface area contributed by atoms with Crippen molar-refractivity contribution in [1.29, 1.82) is 0 Å².